The van der Waals surface area contributed by atoms with Crippen molar-refractivity contribution >= 4 is 27.6 Å². The van der Waals surface area contributed by atoms with Gasteiger partial charge < -0.3 is 5.11 Å². The minimum Gasteiger partial charge on any atom is -0.481 e. The molecular weight excluding hydrogens is 484 g/mol. The molecule has 1 aromatic heterocycles. The first-order chi connectivity index (χ1) is 16.5. The van der Waals surface area contributed by atoms with Crippen LogP contribution < -0.4 is 0 Å². The molecule has 3 aromatic rings. The van der Waals surface area contributed by atoms with E-state index in [0.717, 1.165) is 28.7 Å². The molecule has 35 heavy (non-hydrogen) atoms. The Balaban J connectivity index is 2.12. The molecule has 0 aliphatic heterocycles. The van der Waals surface area contributed by atoms with Gasteiger partial charge >= 0.3 is 5.97 Å². The van der Waals surface area contributed by atoms with Gasteiger partial charge in [0, 0.05) is 30.4 Å². The van der Waals surface area contributed by atoms with Crippen LogP contribution in [0.5, 0.6) is 0 Å². The van der Waals surface area contributed by atoms with Crippen molar-refractivity contribution in [2.45, 2.75) is 57.4 Å². The number of halogens is 1. The molecule has 3 rings (SSSR count). The molecule has 8 heteroatoms. The number of hydrogen-bond donors (Lipinski definition) is 1. The third-order valence-electron chi connectivity index (χ3n) is 6.33. The van der Waals surface area contributed by atoms with E-state index < -0.39 is 21.5 Å². The molecule has 0 saturated carbocycles. The van der Waals surface area contributed by atoms with Crippen molar-refractivity contribution in [1.29, 1.82) is 0 Å². The van der Waals surface area contributed by atoms with Gasteiger partial charge in [0.2, 0.25) is 10.0 Å². The van der Waals surface area contributed by atoms with Crippen molar-refractivity contribution in [2.24, 2.45) is 0 Å². The van der Waals surface area contributed by atoms with Gasteiger partial charge in [-0.15, -0.1) is 0 Å². The number of carbonyl (C=O) groups is 1. The molecule has 0 aliphatic rings. The maximum atomic E-state index is 14.0. The minimum atomic E-state index is -4.00. The highest BCUT2D eigenvalue weighted by molar-refractivity contribution is 7.89. The van der Waals surface area contributed by atoms with Gasteiger partial charge in [-0.05, 0) is 85.7 Å². The van der Waals surface area contributed by atoms with Crippen LogP contribution >= 0.6 is 11.6 Å². The van der Waals surface area contributed by atoms with E-state index in [9.17, 15) is 13.2 Å². The first-order valence-electron chi connectivity index (χ1n) is 11.5. The fourth-order valence-electron chi connectivity index (χ4n) is 4.26. The average Bonchev–Trinajstić information content (AvgIpc) is 2.83. The van der Waals surface area contributed by atoms with Crippen LogP contribution in [0.4, 0.5) is 0 Å². The Labute approximate surface area is 212 Å². The Kier molecular flexibility index (Phi) is 8.36. The van der Waals surface area contributed by atoms with Crippen LogP contribution in [0.15, 0.2) is 65.8 Å². The second kappa shape index (κ2) is 10.9. The predicted molar refractivity (Wildman–Crippen MR) is 139 cm³/mol. The van der Waals surface area contributed by atoms with E-state index in [1.807, 2.05) is 50.4 Å². The second-order valence-corrected chi connectivity index (χ2v) is 11.2. The van der Waals surface area contributed by atoms with Crippen molar-refractivity contribution in [2.75, 3.05) is 6.54 Å². The molecule has 0 bridgehead atoms. The molecule has 0 fully saturated rings. The van der Waals surface area contributed by atoms with E-state index in [1.165, 1.54) is 10.4 Å². The number of carboxylic acid groups (broad SMARTS) is 1. The highest BCUT2D eigenvalue weighted by Gasteiger charge is 2.39. The summed E-state index contributed by atoms with van der Waals surface area (Å²) in [5, 5.41) is 9.53. The van der Waals surface area contributed by atoms with Crippen molar-refractivity contribution in [1.82, 2.24) is 9.29 Å². The van der Waals surface area contributed by atoms with Crippen molar-refractivity contribution in [3.63, 3.8) is 0 Å². The third kappa shape index (κ3) is 5.74. The zero-order valence-electron chi connectivity index (χ0n) is 20.5. The summed E-state index contributed by atoms with van der Waals surface area (Å²) in [6.07, 6.45) is 4.46. The molecule has 0 aliphatic carbocycles. The van der Waals surface area contributed by atoms with Crippen LogP contribution in [-0.4, -0.2) is 35.3 Å². The molecule has 0 amide bonds. The van der Waals surface area contributed by atoms with E-state index >= 15 is 0 Å². The summed E-state index contributed by atoms with van der Waals surface area (Å²) in [5.41, 5.74) is 3.41. The molecule has 6 nitrogen and oxygen atoms in total. The molecule has 0 spiro atoms. The number of carboxylic acids is 1. The first kappa shape index (κ1) is 26.9. The fourth-order valence-corrected chi connectivity index (χ4v) is 6.55. The van der Waals surface area contributed by atoms with E-state index in [-0.39, 0.29) is 24.3 Å². The maximum absolute atomic E-state index is 14.0. The number of pyridine rings is 1. The van der Waals surface area contributed by atoms with Crippen molar-refractivity contribution in [3.8, 4) is 11.1 Å². The van der Waals surface area contributed by atoms with Gasteiger partial charge in [0.25, 0.3) is 0 Å². The molecular formula is C27H31ClN2O4S. The molecule has 2 aromatic carbocycles. The standard InChI is InChI=1S/C27H31ClN2O4S/c1-5-20-18-29-15-14-23(20)21-9-6-10-22(17-21)27(3,4)30(16-8-13-26(31)32)35(33,34)25-12-7-11-24(28)19(25)2/h6-7,9-12,14-15,17-18H,5,8,13,16H2,1-4H3,(H,31,32). The van der Waals surface area contributed by atoms with Crippen LogP contribution in [0, 0.1) is 6.92 Å². The van der Waals surface area contributed by atoms with Gasteiger partial charge in [0.1, 0.15) is 0 Å². The number of aliphatic carboxylic acids is 1. The van der Waals surface area contributed by atoms with E-state index in [1.54, 1.807) is 25.3 Å². The summed E-state index contributed by atoms with van der Waals surface area (Å²) in [7, 11) is -4.00. The smallest absolute Gasteiger partial charge is 0.303 e. The number of aryl methyl sites for hydroxylation is 1. The zero-order chi connectivity index (χ0) is 25.8. The number of rotatable bonds is 10. The second-order valence-electron chi connectivity index (χ2n) is 8.96. The van der Waals surface area contributed by atoms with Crippen LogP contribution in [0.2, 0.25) is 5.02 Å². The molecule has 0 atom stereocenters. The summed E-state index contributed by atoms with van der Waals surface area (Å²) in [4.78, 5) is 15.5. The average molecular weight is 515 g/mol. The Morgan fingerprint density at radius 3 is 2.54 bits per heavy atom. The number of hydrogen-bond acceptors (Lipinski definition) is 4. The van der Waals surface area contributed by atoms with E-state index in [2.05, 4.69) is 11.9 Å². The summed E-state index contributed by atoms with van der Waals surface area (Å²) >= 11 is 6.25. The quantitative estimate of drug-likeness (QED) is 0.355. The summed E-state index contributed by atoms with van der Waals surface area (Å²) < 4.78 is 29.3. The lowest BCUT2D eigenvalue weighted by Gasteiger charge is -2.38. The number of nitrogens with zero attached hydrogens (tertiary/aromatic N) is 2. The van der Waals surface area contributed by atoms with Crippen LogP contribution in [-0.2, 0) is 26.8 Å². The third-order valence-corrected chi connectivity index (χ3v) is 8.95. The predicted octanol–water partition coefficient (Wildman–Crippen LogP) is 6.06. The fraction of sp³-hybridized carbons (Fsp3) is 0.333. The van der Waals surface area contributed by atoms with E-state index in [4.69, 9.17) is 16.7 Å². The highest BCUT2D eigenvalue weighted by atomic mass is 35.5. The number of benzene rings is 2. The molecule has 1 heterocycles. The van der Waals surface area contributed by atoms with Gasteiger partial charge in [0.15, 0.2) is 0 Å². The Hall–Kier alpha value is -2.74. The van der Waals surface area contributed by atoms with Crippen LogP contribution in [0.25, 0.3) is 11.1 Å². The van der Waals surface area contributed by atoms with Crippen LogP contribution in [0.3, 0.4) is 0 Å². The number of sulfonamides is 1. The topological polar surface area (TPSA) is 87.6 Å². The summed E-state index contributed by atoms with van der Waals surface area (Å²) in [6.45, 7) is 7.48. The van der Waals surface area contributed by atoms with Gasteiger partial charge in [0.05, 0.1) is 10.4 Å². The Morgan fingerprint density at radius 1 is 1.14 bits per heavy atom. The highest BCUT2D eigenvalue weighted by Crippen LogP contribution is 2.37. The first-order valence-corrected chi connectivity index (χ1v) is 13.4. The molecule has 186 valence electrons. The van der Waals surface area contributed by atoms with E-state index in [0.29, 0.717) is 10.6 Å². The van der Waals surface area contributed by atoms with Crippen molar-refractivity contribution < 1.29 is 18.3 Å². The lowest BCUT2D eigenvalue weighted by atomic mass is 9.90. The Bertz CT molecular complexity index is 1320. The largest absolute Gasteiger partial charge is 0.481 e. The van der Waals surface area contributed by atoms with Gasteiger partial charge in [-0.2, -0.15) is 4.31 Å². The molecule has 0 radical (unpaired) electrons. The molecule has 1 N–H and O–H groups in total. The minimum absolute atomic E-state index is 0.0489. The lowest BCUT2D eigenvalue weighted by Crippen LogP contribution is -2.46. The SMILES string of the molecule is CCc1cnccc1-c1cccc(C(C)(C)N(CCCC(=O)O)S(=O)(=O)c2cccc(Cl)c2C)c1. The van der Waals surface area contributed by atoms with Gasteiger partial charge in [-0.1, -0.05) is 42.8 Å². The Morgan fingerprint density at radius 2 is 1.86 bits per heavy atom. The monoisotopic (exact) mass is 514 g/mol. The zero-order valence-corrected chi connectivity index (χ0v) is 22.0. The van der Waals surface area contributed by atoms with Gasteiger partial charge in [-0.3, -0.25) is 9.78 Å². The van der Waals surface area contributed by atoms with Gasteiger partial charge in [-0.25, -0.2) is 8.42 Å². The van der Waals surface area contributed by atoms with Crippen molar-refractivity contribution in [3.05, 3.63) is 82.6 Å². The lowest BCUT2D eigenvalue weighted by molar-refractivity contribution is -0.137. The normalized spacial score (nSPS) is 12.2. The molecule has 0 saturated heterocycles. The maximum Gasteiger partial charge on any atom is 0.303 e. The summed E-state index contributed by atoms with van der Waals surface area (Å²) in [6, 6.07) is 14.6. The van der Waals surface area contributed by atoms with Crippen LogP contribution in [0.1, 0.15) is 50.3 Å². The number of aromatic nitrogens is 1. The summed E-state index contributed by atoms with van der Waals surface area (Å²) in [5.74, 6) is -0.967. The molecule has 0 unspecified atom stereocenters.